The zero-order chi connectivity index (χ0) is 16.3. The molecule has 0 bridgehead atoms. The van der Waals surface area contributed by atoms with Crippen molar-refractivity contribution in [2.45, 2.75) is 52.7 Å². The van der Waals surface area contributed by atoms with Crippen LogP contribution in [0.3, 0.4) is 0 Å². The van der Waals surface area contributed by atoms with Gasteiger partial charge in [0.25, 0.3) is 0 Å². The number of hydrogen-bond acceptors (Lipinski definition) is 3. The molecule has 1 aliphatic rings. The van der Waals surface area contributed by atoms with Gasteiger partial charge < -0.3 is 11.1 Å². The van der Waals surface area contributed by atoms with Crippen LogP contribution in [0.15, 0.2) is 24.3 Å². The number of nitrogens with two attached hydrogens (primary N) is 1. The van der Waals surface area contributed by atoms with Crippen LogP contribution in [0.5, 0.6) is 0 Å². The van der Waals surface area contributed by atoms with E-state index in [1.807, 2.05) is 6.92 Å². The molecule has 130 valence electrons. The molecule has 2 unspecified atom stereocenters. The molecule has 1 fully saturated rings. The Morgan fingerprint density at radius 3 is 2.57 bits per heavy atom. The third kappa shape index (κ3) is 5.20. The summed E-state index contributed by atoms with van der Waals surface area (Å²) in [5.74, 6) is 0.0897. The number of carbonyl (C=O) groups excluding carboxylic acids is 1. The van der Waals surface area contributed by atoms with Crippen molar-refractivity contribution in [2.75, 3.05) is 13.1 Å². The summed E-state index contributed by atoms with van der Waals surface area (Å²) in [6.45, 7) is 10.8. The predicted molar refractivity (Wildman–Crippen MR) is 97.7 cm³/mol. The third-order valence-electron chi connectivity index (χ3n) is 4.86. The van der Waals surface area contributed by atoms with Gasteiger partial charge in [0.15, 0.2) is 0 Å². The number of likely N-dealkylation sites (tertiary alicyclic amines) is 1. The van der Waals surface area contributed by atoms with Crippen molar-refractivity contribution in [3.63, 3.8) is 0 Å². The van der Waals surface area contributed by atoms with E-state index in [2.05, 4.69) is 55.3 Å². The SMILES string of the molecule is Cc1ccc(CNC(=O)C(C)N2CCC(N)C(C)(C)C2)cc1.Cl. The Labute approximate surface area is 146 Å². The van der Waals surface area contributed by atoms with E-state index in [1.165, 1.54) is 5.56 Å². The second-order valence-corrected chi connectivity index (χ2v) is 7.23. The summed E-state index contributed by atoms with van der Waals surface area (Å²) in [4.78, 5) is 14.6. The lowest BCUT2D eigenvalue weighted by molar-refractivity contribution is -0.127. The quantitative estimate of drug-likeness (QED) is 0.886. The van der Waals surface area contributed by atoms with Crippen molar-refractivity contribution in [3.8, 4) is 0 Å². The van der Waals surface area contributed by atoms with Crippen LogP contribution >= 0.6 is 12.4 Å². The van der Waals surface area contributed by atoms with E-state index in [4.69, 9.17) is 5.73 Å². The van der Waals surface area contributed by atoms with E-state index in [0.29, 0.717) is 6.54 Å². The van der Waals surface area contributed by atoms with Crippen LogP contribution in [0.1, 0.15) is 38.3 Å². The molecule has 1 heterocycles. The molecule has 1 saturated heterocycles. The highest BCUT2D eigenvalue weighted by atomic mass is 35.5. The summed E-state index contributed by atoms with van der Waals surface area (Å²) in [5.41, 5.74) is 8.59. The molecule has 0 radical (unpaired) electrons. The van der Waals surface area contributed by atoms with Gasteiger partial charge in [-0.1, -0.05) is 43.7 Å². The van der Waals surface area contributed by atoms with Gasteiger partial charge in [0.05, 0.1) is 6.04 Å². The lowest BCUT2D eigenvalue weighted by Crippen LogP contribution is -2.57. The van der Waals surface area contributed by atoms with Gasteiger partial charge in [0, 0.05) is 25.7 Å². The first-order chi connectivity index (χ1) is 10.3. The number of amides is 1. The fourth-order valence-electron chi connectivity index (χ4n) is 2.95. The van der Waals surface area contributed by atoms with Gasteiger partial charge >= 0.3 is 0 Å². The number of benzene rings is 1. The molecule has 1 aromatic rings. The fourth-order valence-corrected chi connectivity index (χ4v) is 2.95. The molecule has 0 saturated carbocycles. The number of nitrogens with zero attached hydrogens (tertiary/aromatic N) is 1. The third-order valence-corrected chi connectivity index (χ3v) is 4.86. The number of piperidine rings is 1. The van der Waals surface area contributed by atoms with Gasteiger partial charge in [0.2, 0.25) is 5.91 Å². The molecular formula is C18H30ClN3O. The number of rotatable bonds is 4. The Kier molecular flexibility index (Phi) is 7.05. The lowest BCUT2D eigenvalue weighted by Gasteiger charge is -2.44. The van der Waals surface area contributed by atoms with Crippen LogP contribution in [0.2, 0.25) is 0 Å². The molecule has 1 aromatic carbocycles. The van der Waals surface area contributed by atoms with E-state index in [0.717, 1.165) is 25.1 Å². The van der Waals surface area contributed by atoms with Gasteiger partial charge in [-0.3, -0.25) is 9.69 Å². The topological polar surface area (TPSA) is 58.4 Å². The molecule has 2 rings (SSSR count). The highest BCUT2D eigenvalue weighted by Gasteiger charge is 2.36. The maximum Gasteiger partial charge on any atom is 0.237 e. The standard InChI is InChI=1S/C18H29N3O.ClH/c1-13-5-7-15(8-6-13)11-20-17(22)14(2)21-10-9-16(19)18(3,4)12-21;/h5-8,14,16H,9-12,19H2,1-4H3,(H,20,22);1H. The average Bonchev–Trinajstić information content (AvgIpc) is 2.48. The highest BCUT2D eigenvalue weighted by molar-refractivity contribution is 5.85. The Morgan fingerprint density at radius 1 is 1.39 bits per heavy atom. The maximum atomic E-state index is 12.4. The summed E-state index contributed by atoms with van der Waals surface area (Å²) in [5, 5.41) is 3.04. The molecule has 23 heavy (non-hydrogen) atoms. The second-order valence-electron chi connectivity index (χ2n) is 7.23. The number of hydrogen-bond donors (Lipinski definition) is 2. The molecule has 0 aliphatic carbocycles. The first-order valence-corrected chi connectivity index (χ1v) is 8.12. The molecule has 0 spiro atoms. The van der Waals surface area contributed by atoms with E-state index in [9.17, 15) is 4.79 Å². The minimum Gasteiger partial charge on any atom is -0.351 e. The molecule has 4 nitrogen and oxygen atoms in total. The molecule has 2 atom stereocenters. The summed E-state index contributed by atoms with van der Waals surface area (Å²) in [6.07, 6.45) is 0.947. The Hall–Kier alpha value is -1.10. The minimum absolute atomic E-state index is 0. The lowest BCUT2D eigenvalue weighted by atomic mass is 9.79. The summed E-state index contributed by atoms with van der Waals surface area (Å²) >= 11 is 0. The summed E-state index contributed by atoms with van der Waals surface area (Å²) < 4.78 is 0. The Morgan fingerprint density at radius 2 is 2.00 bits per heavy atom. The number of aryl methyl sites for hydroxylation is 1. The van der Waals surface area contributed by atoms with E-state index in [-0.39, 0.29) is 35.8 Å². The van der Waals surface area contributed by atoms with E-state index < -0.39 is 0 Å². The smallest absolute Gasteiger partial charge is 0.237 e. The molecule has 1 amide bonds. The number of carbonyl (C=O) groups is 1. The molecule has 1 aliphatic heterocycles. The zero-order valence-corrected chi connectivity index (χ0v) is 15.5. The van der Waals surface area contributed by atoms with Crippen molar-refractivity contribution in [1.29, 1.82) is 0 Å². The van der Waals surface area contributed by atoms with Gasteiger partial charge in [-0.05, 0) is 31.2 Å². The molecular weight excluding hydrogens is 310 g/mol. The first-order valence-electron chi connectivity index (χ1n) is 8.12. The highest BCUT2D eigenvalue weighted by Crippen LogP contribution is 2.28. The zero-order valence-electron chi connectivity index (χ0n) is 14.6. The van der Waals surface area contributed by atoms with Gasteiger partial charge in [0.1, 0.15) is 0 Å². The van der Waals surface area contributed by atoms with Crippen molar-refractivity contribution < 1.29 is 4.79 Å². The van der Waals surface area contributed by atoms with Crippen LogP contribution < -0.4 is 11.1 Å². The normalized spacial score (nSPS) is 22.0. The van der Waals surface area contributed by atoms with Crippen molar-refractivity contribution >= 4 is 18.3 Å². The number of halogens is 1. The van der Waals surface area contributed by atoms with Crippen molar-refractivity contribution in [3.05, 3.63) is 35.4 Å². The van der Waals surface area contributed by atoms with Crippen LogP contribution in [0.25, 0.3) is 0 Å². The largest absolute Gasteiger partial charge is 0.351 e. The predicted octanol–water partition coefficient (Wildman–Crippen LogP) is 2.48. The summed E-state index contributed by atoms with van der Waals surface area (Å²) in [6, 6.07) is 8.36. The van der Waals surface area contributed by atoms with E-state index >= 15 is 0 Å². The minimum atomic E-state index is -0.114. The maximum absolute atomic E-state index is 12.4. The van der Waals surface area contributed by atoms with Crippen LogP contribution in [-0.2, 0) is 11.3 Å². The van der Waals surface area contributed by atoms with Gasteiger partial charge in [-0.15, -0.1) is 12.4 Å². The van der Waals surface area contributed by atoms with Crippen LogP contribution in [-0.4, -0.2) is 36.0 Å². The fraction of sp³-hybridized carbons (Fsp3) is 0.611. The van der Waals surface area contributed by atoms with Crippen molar-refractivity contribution in [2.24, 2.45) is 11.1 Å². The van der Waals surface area contributed by atoms with Gasteiger partial charge in [-0.25, -0.2) is 0 Å². The van der Waals surface area contributed by atoms with Crippen molar-refractivity contribution in [1.82, 2.24) is 10.2 Å². The first kappa shape index (κ1) is 19.9. The molecule has 3 N–H and O–H groups in total. The van der Waals surface area contributed by atoms with Crippen LogP contribution in [0.4, 0.5) is 0 Å². The summed E-state index contributed by atoms with van der Waals surface area (Å²) in [7, 11) is 0. The molecule has 5 heteroatoms. The molecule has 0 aromatic heterocycles. The Balaban J connectivity index is 0.00000264. The average molecular weight is 340 g/mol. The van der Waals surface area contributed by atoms with E-state index in [1.54, 1.807) is 0 Å². The van der Waals surface area contributed by atoms with Crippen LogP contribution in [0, 0.1) is 12.3 Å². The van der Waals surface area contributed by atoms with Gasteiger partial charge in [-0.2, -0.15) is 0 Å². The number of nitrogens with one attached hydrogen (secondary N) is 1. The Bertz CT molecular complexity index is 516. The second kappa shape index (κ2) is 8.13. The monoisotopic (exact) mass is 339 g/mol.